The van der Waals surface area contributed by atoms with Crippen molar-refractivity contribution in [1.29, 1.82) is 0 Å². The van der Waals surface area contributed by atoms with Crippen LogP contribution in [0.1, 0.15) is 29.9 Å². The van der Waals surface area contributed by atoms with E-state index in [1.165, 1.54) is 6.26 Å². The zero-order valence-corrected chi connectivity index (χ0v) is 14.9. The molecule has 0 amide bonds. The van der Waals surface area contributed by atoms with E-state index in [0.717, 1.165) is 29.9 Å². The smallest absolute Gasteiger partial charge is 0.211 e. The summed E-state index contributed by atoms with van der Waals surface area (Å²) in [4.78, 5) is 4.17. The highest BCUT2D eigenvalue weighted by atomic mass is 32.2. The summed E-state index contributed by atoms with van der Waals surface area (Å²) in [7, 11) is -1.47. The lowest BCUT2D eigenvalue weighted by molar-refractivity contribution is 0.387. The van der Waals surface area contributed by atoms with Gasteiger partial charge in [-0.3, -0.25) is 4.99 Å². The van der Waals surface area contributed by atoms with E-state index >= 15 is 0 Å². The van der Waals surface area contributed by atoms with E-state index in [9.17, 15) is 8.42 Å². The second-order valence-electron chi connectivity index (χ2n) is 5.78. The first-order chi connectivity index (χ1) is 10.8. The van der Waals surface area contributed by atoms with Crippen LogP contribution in [0.4, 0.5) is 0 Å². The average molecular weight is 343 g/mol. The molecule has 1 saturated heterocycles. The Hall–Kier alpha value is -1.61. The molecule has 1 atom stereocenters. The van der Waals surface area contributed by atoms with Gasteiger partial charge in [0, 0.05) is 38.3 Å². The largest absolute Gasteiger partial charge is 0.361 e. The summed E-state index contributed by atoms with van der Waals surface area (Å²) < 4.78 is 30.2. The number of nitrogens with zero attached hydrogens (tertiary/aromatic N) is 3. The molecule has 1 aromatic heterocycles. The number of sulfonamides is 1. The van der Waals surface area contributed by atoms with E-state index in [-0.39, 0.29) is 6.04 Å². The van der Waals surface area contributed by atoms with Crippen molar-refractivity contribution in [3.63, 3.8) is 0 Å². The molecular formula is C14H25N5O3S. The van der Waals surface area contributed by atoms with Crippen LogP contribution < -0.4 is 10.6 Å². The van der Waals surface area contributed by atoms with Crippen molar-refractivity contribution < 1.29 is 12.9 Å². The second kappa shape index (κ2) is 7.31. The van der Waals surface area contributed by atoms with Gasteiger partial charge >= 0.3 is 0 Å². The molecule has 0 bridgehead atoms. The first kappa shape index (κ1) is 17.7. The monoisotopic (exact) mass is 343 g/mol. The van der Waals surface area contributed by atoms with E-state index in [0.29, 0.717) is 25.6 Å². The maximum atomic E-state index is 11.7. The van der Waals surface area contributed by atoms with E-state index in [4.69, 9.17) is 4.52 Å². The SMILES string of the molecule is CN=C(NCc1c(C)noc1C)NC[C@H]1CCCN1S(C)(=O)=O. The van der Waals surface area contributed by atoms with Crippen molar-refractivity contribution in [3.8, 4) is 0 Å². The van der Waals surface area contributed by atoms with Crippen LogP contribution in [-0.2, 0) is 16.6 Å². The minimum Gasteiger partial charge on any atom is -0.361 e. The number of guanidine groups is 1. The third-order valence-corrected chi connectivity index (χ3v) is 5.42. The molecule has 2 N–H and O–H groups in total. The van der Waals surface area contributed by atoms with Gasteiger partial charge in [0.05, 0.1) is 11.9 Å². The highest BCUT2D eigenvalue weighted by Gasteiger charge is 2.31. The summed E-state index contributed by atoms with van der Waals surface area (Å²) in [5, 5.41) is 10.3. The zero-order chi connectivity index (χ0) is 17.0. The van der Waals surface area contributed by atoms with Crippen LogP contribution in [0.2, 0.25) is 0 Å². The molecule has 8 nitrogen and oxygen atoms in total. The number of aliphatic imine (C=N–C) groups is 1. The van der Waals surface area contributed by atoms with E-state index in [1.54, 1.807) is 11.4 Å². The molecule has 0 aliphatic carbocycles. The van der Waals surface area contributed by atoms with Crippen molar-refractivity contribution in [2.75, 3.05) is 26.4 Å². The van der Waals surface area contributed by atoms with Crippen molar-refractivity contribution in [2.24, 2.45) is 4.99 Å². The molecule has 0 radical (unpaired) electrons. The number of rotatable bonds is 5. The Morgan fingerprint density at radius 3 is 2.74 bits per heavy atom. The zero-order valence-electron chi connectivity index (χ0n) is 14.1. The first-order valence-electron chi connectivity index (χ1n) is 7.66. The number of aromatic nitrogens is 1. The quantitative estimate of drug-likeness (QED) is 0.592. The van der Waals surface area contributed by atoms with Gasteiger partial charge < -0.3 is 15.2 Å². The highest BCUT2D eigenvalue weighted by Crippen LogP contribution is 2.19. The Balaban J connectivity index is 1.88. The van der Waals surface area contributed by atoms with Crippen molar-refractivity contribution in [3.05, 3.63) is 17.0 Å². The standard InChI is InChI=1S/C14H25N5O3S/c1-10-13(11(2)22-18-10)9-17-14(15-3)16-8-12-6-5-7-19(12)23(4,20)21/h12H,5-9H2,1-4H3,(H2,15,16,17)/t12-/m1/s1. The molecule has 0 unspecified atom stereocenters. The maximum Gasteiger partial charge on any atom is 0.211 e. The molecule has 0 aromatic carbocycles. The van der Waals surface area contributed by atoms with Gasteiger partial charge in [-0.2, -0.15) is 4.31 Å². The summed E-state index contributed by atoms with van der Waals surface area (Å²) >= 11 is 0. The van der Waals surface area contributed by atoms with Gasteiger partial charge in [-0.15, -0.1) is 0 Å². The summed E-state index contributed by atoms with van der Waals surface area (Å²) in [5.41, 5.74) is 1.86. The lowest BCUT2D eigenvalue weighted by Gasteiger charge is -2.23. The maximum absolute atomic E-state index is 11.7. The predicted molar refractivity (Wildman–Crippen MR) is 88.8 cm³/mol. The van der Waals surface area contributed by atoms with Crippen LogP contribution in [0.5, 0.6) is 0 Å². The van der Waals surface area contributed by atoms with E-state index in [1.807, 2.05) is 13.8 Å². The van der Waals surface area contributed by atoms with Gasteiger partial charge in [0.2, 0.25) is 10.0 Å². The molecule has 1 fully saturated rings. The summed E-state index contributed by atoms with van der Waals surface area (Å²) in [6.45, 7) is 5.45. The Labute approximate surface area is 137 Å². The third kappa shape index (κ3) is 4.44. The van der Waals surface area contributed by atoms with Crippen molar-refractivity contribution in [1.82, 2.24) is 20.1 Å². The molecule has 1 aromatic rings. The molecule has 2 rings (SSSR count). The van der Waals surface area contributed by atoms with Gasteiger partial charge in [0.1, 0.15) is 5.76 Å². The molecule has 2 heterocycles. The van der Waals surface area contributed by atoms with Crippen molar-refractivity contribution >= 4 is 16.0 Å². The number of hydrogen-bond acceptors (Lipinski definition) is 5. The fraction of sp³-hybridized carbons (Fsp3) is 0.714. The van der Waals surface area contributed by atoms with E-state index in [2.05, 4.69) is 20.8 Å². The van der Waals surface area contributed by atoms with Gasteiger partial charge in [-0.1, -0.05) is 5.16 Å². The molecule has 1 aliphatic heterocycles. The van der Waals surface area contributed by atoms with Crippen molar-refractivity contribution in [2.45, 2.75) is 39.3 Å². The fourth-order valence-corrected chi connectivity index (χ4v) is 3.99. The van der Waals surface area contributed by atoms with Crippen LogP contribution in [0.3, 0.4) is 0 Å². The van der Waals surface area contributed by atoms with Gasteiger partial charge in [-0.25, -0.2) is 8.42 Å². The lowest BCUT2D eigenvalue weighted by atomic mass is 10.2. The molecule has 9 heteroatoms. The third-order valence-electron chi connectivity index (χ3n) is 4.09. The molecule has 0 spiro atoms. The van der Waals surface area contributed by atoms with Crippen LogP contribution in [-0.4, -0.2) is 56.3 Å². The molecule has 0 saturated carbocycles. The normalized spacial score (nSPS) is 20.0. The molecule has 1 aliphatic rings. The number of aryl methyl sites for hydroxylation is 2. The van der Waals surface area contributed by atoms with Gasteiger partial charge in [-0.05, 0) is 26.7 Å². The second-order valence-corrected chi connectivity index (χ2v) is 7.71. The van der Waals surface area contributed by atoms with E-state index < -0.39 is 10.0 Å². The Morgan fingerprint density at radius 2 is 2.17 bits per heavy atom. The Bertz CT molecular complexity index is 648. The average Bonchev–Trinajstić information content (AvgIpc) is 3.07. The van der Waals surface area contributed by atoms with Crippen LogP contribution >= 0.6 is 0 Å². The first-order valence-corrected chi connectivity index (χ1v) is 9.51. The van der Waals surface area contributed by atoms with Crippen LogP contribution in [0.15, 0.2) is 9.52 Å². The van der Waals surface area contributed by atoms with Crippen LogP contribution in [0.25, 0.3) is 0 Å². The summed E-state index contributed by atoms with van der Waals surface area (Å²) in [6, 6.07) is -0.0254. The number of hydrogen-bond donors (Lipinski definition) is 2. The Morgan fingerprint density at radius 1 is 1.43 bits per heavy atom. The van der Waals surface area contributed by atoms with Gasteiger partial charge in [0.15, 0.2) is 5.96 Å². The number of nitrogens with one attached hydrogen (secondary N) is 2. The summed E-state index contributed by atoms with van der Waals surface area (Å²) in [6.07, 6.45) is 3.02. The predicted octanol–water partition coefficient (Wildman–Crippen LogP) is 0.380. The Kier molecular flexibility index (Phi) is 5.64. The lowest BCUT2D eigenvalue weighted by Crippen LogP contribution is -2.46. The topological polar surface area (TPSA) is 99.8 Å². The minimum absolute atomic E-state index is 0.0254. The summed E-state index contributed by atoms with van der Waals surface area (Å²) in [5.74, 6) is 1.41. The molecule has 23 heavy (non-hydrogen) atoms. The highest BCUT2D eigenvalue weighted by molar-refractivity contribution is 7.88. The minimum atomic E-state index is -3.15. The fourth-order valence-electron chi connectivity index (χ4n) is 2.81. The molecule has 130 valence electrons. The van der Waals surface area contributed by atoms with Gasteiger partial charge in [0.25, 0.3) is 0 Å². The van der Waals surface area contributed by atoms with Crippen LogP contribution in [0, 0.1) is 13.8 Å². The molecular weight excluding hydrogens is 318 g/mol.